The van der Waals surface area contributed by atoms with Crippen molar-refractivity contribution < 1.29 is 14.6 Å². The number of phenolic OH excluding ortho intramolecular Hbond substituents is 1. The van der Waals surface area contributed by atoms with Crippen LogP contribution in [0, 0.1) is 0 Å². The molecule has 0 heterocycles. The highest BCUT2D eigenvalue weighted by Crippen LogP contribution is 2.33. The highest BCUT2D eigenvalue weighted by atomic mass is 16.5. The van der Waals surface area contributed by atoms with Gasteiger partial charge < -0.3 is 9.84 Å². The fraction of sp³-hybridized carbons (Fsp3) is 0.250. The fourth-order valence-corrected chi connectivity index (χ4v) is 2.37. The Labute approximate surface area is 137 Å². The van der Waals surface area contributed by atoms with Crippen LogP contribution in [0.25, 0.3) is 0 Å². The number of carbonyl (C=O) groups excluding carboxylic acids is 1. The van der Waals surface area contributed by atoms with Gasteiger partial charge in [-0.1, -0.05) is 43.7 Å². The van der Waals surface area contributed by atoms with Gasteiger partial charge in [0.2, 0.25) is 0 Å². The van der Waals surface area contributed by atoms with E-state index in [4.69, 9.17) is 4.74 Å². The minimum absolute atomic E-state index is 0.212. The lowest BCUT2D eigenvalue weighted by molar-refractivity contribution is -0.129. The molecule has 3 nitrogen and oxygen atoms in total. The molecule has 2 aromatic rings. The summed E-state index contributed by atoms with van der Waals surface area (Å²) < 4.78 is 5.27. The zero-order chi connectivity index (χ0) is 17.0. The molecule has 0 aliphatic heterocycles. The van der Waals surface area contributed by atoms with Gasteiger partial charge in [0.15, 0.2) is 0 Å². The largest absolute Gasteiger partial charge is 0.508 e. The van der Waals surface area contributed by atoms with Crippen molar-refractivity contribution in [1.82, 2.24) is 0 Å². The Morgan fingerprint density at radius 2 is 1.43 bits per heavy atom. The van der Waals surface area contributed by atoms with E-state index in [1.165, 1.54) is 6.08 Å². The van der Waals surface area contributed by atoms with E-state index >= 15 is 0 Å². The number of esters is 1. The van der Waals surface area contributed by atoms with Crippen LogP contribution in [0.15, 0.2) is 60.2 Å². The van der Waals surface area contributed by atoms with Crippen LogP contribution in [0.2, 0.25) is 0 Å². The molecule has 23 heavy (non-hydrogen) atoms. The molecule has 0 saturated heterocycles. The standard InChI is InChI=1S/C20H22O3/c1-14(2)13-19(22)23-18-11-7-16(8-12-18)20(3,4)15-5-9-17(21)10-6-15/h5-13,21H,1-4H3. The Balaban J connectivity index is 2.19. The number of aromatic hydroxyl groups is 1. The summed E-state index contributed by atoms with van der Waals surface area (Å²) in [4.78, 5) is 11.6. The van der Waals surface area contributed by atoms with Crippen LogP contribution in [0.1, 0.15) is 38.8 Å². The van der Waals surface area contributed by atoms with Crippen molar-refractivity contribution >= 4 is 5.97 Å². The normalized spacial score (nSPS) is 11.0. The number of phenols is 1. The summed E-state index contributed by atoms with van der Waals surface area (Å²) in [6, 6.07) is 14.7. The van der Waals surface area contributed by atoms with Gasteiger partial charge in [0, 0.05) is 11.5 Å². The zero-order valence-electron chi connectivity index (χ0n) is 14.0. The fourth-order valence-electron chi connectivity index (χ4n) is 2.37. The quantitative estimate of drug-likeness (QED) is 0.510. The molecule has 0 radical (unpaired) electrons. The maximum absolute atomic E-state index is 11.6. The van der Waals surface area contributed by atoms with Crippen LogP contribution >= 0.6 is 0 Å². The molecule has 0 fully saturated rings. The van der Waals surface area contributed by atoms with Gasteiger partial charge in [0.25, 0.3) is 0 Å². The number of rotatable bonds is 4. The smallest absolute Gasteiger partial charge is 0.336 e. The third-order valence-electron chi connectivity index (χ3n) is 3.79. The molecular weight excluding hydrogens is 288 g/mol. The summed E-state index contributed by atoms with van der Waals surface area (Å²) in [6.45, 7) is 7.93. The molecule has 0 unspecified atom stereocenters. The van der Waals surface area contributed by atoms with E-state index < -0.39 is 0 Å². The Morgan fingerprint density at radius 1 is 0.957 bits per heavy atom. The lowest BCUT2D eigenvalue weighted by atomic mass is 9.78. The summed E-state index contributed by atoms with van der Waals surface area (Å²) in [5.74, 6) is 0.416. The van der Waals surface area contributed by atoms with Gasteiger partial charge in [0.1, 0.15) is 11.5 Å². The average molecular weight is 310 g/mol. The number of benzene rings is 2. The van der Waals surface area contributed by atoms with Crippen molar-refractivity contribution in [2.24, 2.45) is 0 Å². The minimum atomic E-state index is -0.365. The number of carbonyl (C=O) groups is 1. The van der Waals surface area contributed by atoms with E-state index in [1.807, 2.05) is 38.1 Å². The van der Waals surface area contributed by atoms with E-state index in [-0.39, 0.29) is 17.1 Å². The Morgan fingerprint density at radius 3 is 1.91 bits per heavy atom. The minimum Gasteiger partial charge on any atom is -0.508 e. The zero-order valence-corrected chi connectivity index (χ0v) is 14.0. The Hall–Kier alpha value is -2.55. The van der Waals surface area contributed by atoms with E-state index in [0.29, 0.717) is 5.75 Å². The number of hydrogen-bond donors (Lipinski definition) is 1. The summed E-state index contributed by atoms with van der Waals surface area (Å²) in [6.07, 6.45) is 1.47. The summed E-state index contributed by atoms with van der Waals surface area (Å²) in [5, 5.41) is 9.42. The Kier molecular flexibility index (Phi) is 4.89. The van der Waals surface area contributed by atoms with Crippen molar-refractivity contribution in [3.05, 3.63) is 71.3 Å². The van der Waals surface area contributed by atoms with Crippen molar-refractivity contribution in [3.63, 3.8) is 0 Å². The lowest BCUT2D eigenvalue weighted by Gasteiger charge is -2.26. The highest BCUT2D eigenvalue weighted by molar-refractivity contribution is 5.84. The van der Waals surface area contributed by atoms with E-state index in [0.717, 1.165) is 16.7 Å². The third-order valence-corrected chi connectivity index (χ3v) is 3.79. The first-order valence-electron chi connectivity index (χ1n) is 7.56. The van der Waals surface area contributed by atoms with Crippen LogP contribution in [0.5, 0.6) is 11.5 Å². The number of hydrogen-bond acceptors (Lipinski definition) is 3. The Bertz CT molecular complexity index is 704. The molecule has 0 spiro atoms. The first-order chi connectivity index (χ1) is 10.8. The second-order valence-corrected chi connectivity index (χ2v) is 6.34. The van der Waals surface area contributed by atoms with Gasteiger partial charge in [-0.15, -0.1) is 0 Å². The van der Waals surface area contributed by atoms with Crippen LogP contribution in [-0.4, -0.2) is 11.1 Å². The molecule has 0 saturated carbocycles. The van der Waals surface area contributed by atoms with Gasteiger partial charge in [0.05, 0.1) is 0 Å². The molecule has 0 aromatic heterocycles. The van der Waals surface area contributed by atoms with Crippen LogP contribution in [0.3, 0.4) is 0 Å². The molecule has 0 aliphatic carbocycles. The summed E-state index contributed by atoms with van der Waals surface area (Å²) >= 11 is 0. The van der Waals surface area contributed by atoms with Gasteiger partial charge >= 0.3 is 5.97 Å². The number of ether oxygens (including phenoxy) is 1. The second kappa shape index (κ2) is 6.69. The molecule has 3 heteroatoms. The van der Waals surface area contributed by atoms with Crippen molar-refractivity contribution in [2.45, 2.75) is 33.1 Å². The third kappa shape index (κ3) is 4.22. The topological polar surface area (TPSA) is 46.5 Å². The molecule has 120 valence electrons. The number of allylic oxidation sites excluding steroid dienone is 1. The van der Waals surface area contributed by atoms with Gasteiger partial charge in [-0.3, -0.25) is 0 Å². The molecule has 0 amide bonds. The van der Waals surface area contributed by atoms with Crippen LogP contribution in [0.4, 0.5) is 0 Å². The molecule has 0 atom stereocenters. The molecule has 1 N–H and O–H groups in total. The monoisotopic (exact) mass is 310 g/mol. The second-order valence-electron chi connectivity index (χ2n) is 6.34. The maximum Gasteiger partial charge on any atom is 0.336 e. The molecule has 2 aromatic carbocycles. The van der Waals surface area contributed by atoms with Crippen LogP contribution < -0.4 is 4.74 Å². The predicted octanol–water partition coefficient (Wildman–Crippen LogP) is 4.59. The molecule has 0 bridgehead atoms. The van der Waals surface area contributed by atoms with Gasteiger partial charge in [-0.2, -0.15) is 0 Å². The van der Waals surface area contributed by atoms with E-state index in [9.17, 15) is 9.90 Å². The van der Waals surface area contributed by atoms with E-state index in [2.05, 4.69) is 13.8 Å². The molecular formula is C20H22O3. The van der Waals surface area contributed by atoms with Crippen LogP contribution in [-0.2, 0) is 10.2 Å². The first-order valence-corrected chi connectivity index (χ1v) is 7.56. The lowest BCUT2D eigenvalue weighted by Crippen LogP contribution is -2.18. The predicted molar refractivity (Wildman–Crippen MR) is 91.7 cm³/mol. The SMILES string of the molecule is CC(C)=CC(=O)Oc1ccc(C(C)(C)c2ccc(O)cc2)cc1. The van der Waals surface area contributed by atoms with Crippen molar-refractivity contribution in [3.8, 4) is 11.5 Å². The molecule has 0 aliphatic rings. The first kappa shape index (κ1) is 16.8. The van der Waals surface area contributed by atoms with Crippen molar-refractivity contribution in [2.75, 3.05) is 0 Å². The molecule has 2 rings (SSSR count). The summed E-state index contributed by atoms with van der Waals surface area (Å²) in [7, 11) is 0. The van der Waals surface area contributed by atoms with Gasteiger partial charge in [-0.25, -0.2) is 4.79 Å². The average Bonchev–Trinajstić information content (AvgIpc) is 2.47. The highest BCUT2D eigenvalue weighted by Gasteiger charge is 2.23. The maximum atomic E-state index is 11.6. The summed E-state index contributed by atoms with van der Waals surface area (Å²) in [5.41, 5.74) is 2.89. The van der Waals surface area contributed by atoms with Crippen molar-refractivity contribution in [1.29, 1.82) is 0 Å². The van der Waals surface area contributed by atoms with Gasteiger partial charge in [-0.05, 0) is 49.2 Å². The van der Waals surface area contributed by atoms with E-state index in [1.54, 1.807) is 24.3 Å².